The van der Waals surface area contributed by atoms with Crippen LogP contribution in [0.1, 0.15) is 5.56 Å². The maximum absolute atomic E-state index is 14.0. The van der Waals surface area contributed by atoms with E-state index < -0.39 is 23.3 Å². The summed E-state index contributed by atoms with van der Waals surface area (Å²) in [6, 6.07) is 6.26. The molecule has 122 valence electrons. The molecule has 3 rings (SSSR count). The van der Waals surface area contributed by atoms with Crippen molar-refractivity contribution < 1.29 is 17.6 Å². The van der Waals surface area contributed by atoms with Gasteiger partial charge in [0.1, 0.15) is 34.6 Å². The molecular formula is C17H16F4N2. The number of anilines is 2. The minimum absolute atomic E-state index is 0.0794. The Morgan fingerprint density at radius 3 is 1.52 bits per heavy atom. The summed E-state index contributed by atoms with van der Waals surface area (Å²) >= 11 is 0. The third kappa shape index (κ3) is 2.98. The van der Waals surface area contributed by atoms with Gasteiger partial charge < -0.3 is 9.80 Å². The molecule has 0 aliphatic carbocycles. The van der Waals surface area contributed by atoms with E-state index in [9.17, 15) is 17.6 Å². The lowest BCUT2D eigenvalue weighted by Gasteiger charge is -2.37. The fourth-order valence-corrected chi connectivity index (χ4v) is 2.94. The van der Waals surface area contributed by atoms with Gasteiger partial charge in [-0.1, -0.05) is 6.07 Å². The third-order valence-electron chi connectivity index (χ3n) is 4.01. The van der Waals surface area contributed by atoms with Gasteiger partial charge in [0.2, 0.25) is 0 Å². The second-order valence-electron chi connectivity index (χ2n) is 5.62. The van der Waals surface area contributed by atoms with Crippen LogP contribution >= 0.6 is 0 Å². The van der Waals surface area contributed by atoms with Gasteiger partial charge in [-0.25, -0.2) is 17.6 Å². The van der Waals surface area contributed by atoms with Crippen molar-refractivity contribution in [3.8, 4) is 0 Å². The van der Waals surface area contributed by atoms with Crippen molar-refractivity contribution in [1.29, 1.82) is 0 Å². The highest BCUT2D eigenvalue weighted by molar-refractivity contribution is 5.55. The van der Waals surface area contributed by atoms with Gasteiger partial charge >= 0.3 is 0 Å². The quantitative estimate of drug-likeness (QED) is 0.774. The molecule has 1 saturated heterocycles. The molecule has 0 saturated carbocycles. The number of benzene rings is 2. The zero-order valence-corrected chi connectivity index (χ0v) is 12.6. The van der Waals surface area contributed by atoms with Crippen LogP contribution in [-0.2, 0) is 0 Å². The van der Waals surface area contributed by atoms with Crippen LogP contribution in [0.2, 0.25) is 0 Å². The van der Waals surface area contributed by atoms with Crippen LogP contribution in [0.25, 0.3) is 0 Å². The van der Waals surface area contributed by atoms with Crippen molar-refractivity contribution in [2.75, 3.05) is 36.0 Å². The molecule has 0 bridgehead atoms. The average Bonchev–Trinajstić information content (AvgIpc) is 2.47. The second-order valence-corrected chi connectivity index (χ2v) is 5.62. The summed E-state index contributed by atoms with van der Waals surface area (Å²) in [5, 5.41) is 0. The smallest absolute Gasteiger partial charge is 0.149 e. The highest BCUT2D eigenvalue weighted by Crippen LogP contribution is 2.29. The van der Waals surface area contributed by atoms with Crippen LogP contribution in [-0.4, -0.2) is 26.2 Å². The van der Waals surface area contributed by atoms with Crippen LogP contribution < -0.4 is 9.80 Å². The van der Waals surface area contributed by atoms with Crippen molar-refractivity contribution in [2.24, 2.45) is 0 Å². The normalized spacial score (nSPS) is 15.2. The summed E-state index contributed by atoms with van der Waals surface area (Å²) in [6.07, 6.45) is 0. The lowest BCUT2D eigenvalue weighted by Crippen LogP contribution is -2.47. The zero-order chi connectivity index (χ0) is 16.6. The van der Waals surface area contributed by atoms with Crippen molar-refractivity contribution >= 4 is 11.4 Å². The van der Waals surface area contributed by atoms with E-state index in [1.807, 2.05) is 0 Å². The zero-order valence-electron chi connectivity index (χ0n) is 12.6. The molecule has 23 heavy (non-hydrogen) atoms. The predicted octanol–water partition coefficient (Wildman–Crippen LogP) is 3.88. The Kier molecular flexibility index (Phi) is 4.15. The standard InChI is InChI=1S/C17H16F4N2/c1-11-9-14(20)17(15(21)10-11)23-7-5-22(6-8-23)16-12(18)3-2-4-13(16)19/h2-4,9-10H,5-8H2,1H3. The summed E-state index contributed by atoms with van der Waals surface area (Å²) in [5.74, 6) is -2.50. The van der Waals surface area contributed by atoms with Crippen LogP contribution in [0.3, 0.4) is 0 Å². The van der Waals surface area contributed by atoms with Crippen molar-refractivity contribution in [3.63, 3.8) is 0 Å². The molecule has 0 N–H and O–H groups in total. The van der Waals surface area contributed by atoms with E-state index in [0.29, 0.717) is 5.56 Å². The molecule has 1 fully saturated rings. The molecule has 0 radical (unpaired) electrons. The third-order valence-corrected chi connectivity index (χ3v) is 4.01. The van der Waals surface area contributed by atoms with Crippen LogP contribution in [0.5, 0.6) is 0 Å². The number of rotatable bonds is 2. The molecular weight excluding hydrogens is 308 g/mol. The predicted molar refractivity (Wildman–Crippen MR) is 81.9 cm³/mol. The Bertz CT molecular complexity index is 681. The van der Waals surface area contributed by atoms with E-state index in [1.54, 1.807) is 16.7 Å². The molecule has 0 amide bonds. The SMILES string of the molecule is Cc1cc(F)c(N2CCN(c3c(F)cccc3F)CC2)c(F)c1. The van der Waals surface area contributed by atoms with E-state index in [2.05, 4.69) is 0 Å². The molecule has 1 aliphatic heterocycles. The Morgan fingerprint density at radius 2 is 1.09 bits per heavy atom. The molecule has 2 aromatic carbocycles. The van der Waals surface area contributed by atoms with E-state index in [1.165, 1.54) is 30.3 Å². The molecule has 6 heteroatoms. The van der Waals surface area contributed by atoms with Gasteiger partial charge in [0.15, 0.2) is 0 Å². The number of para-hydroxylation sites is 1. The van der Waals surface area contributed by atoms with Gasteiger partial charge in [-0.3, -0.25) is 0 Å². The largest absolute Gasteiger partial charge is 0.363 e. The highest BCUT2D eigenvalue weighted by Gasteiger charge is 2.25. The number of nitrogens with zero attached hydrogens (tertiary/aromatic N) is 2. The first-order valence-electron chi connectivity index (χ1n) is 7.37. The van der Waals surface area contributed by atoms with E-state index in [4.69, 9.17) is 0 Å². The minimum Gasteiger partial charge on any atom is -0.363 e. The summed E-state index contributed by atoms with van der Waals surface area (Å²) in [4.78, 5) is 3.13. The van der Waals surface area contributed by atoms with Gasteiger partial charge in [-0.2, -0.15) is 0 Å². The number of hydrogen-bond donors (Lipinski definition) is 0. The Morgan fingerprint density at radius 1 is 0.696 bits per heavy atom. The number of aryl methyl sites for hydroxylation is 1. The number of hydrogen-bond acceptors (Lipinski definition) is 2. The maximum Gasteiger partial charge on any atom is 0.149 e. The van der Waals surface area contributed by atoms with Crippen LogP contribution in [0, 0.1) is 30.2 Å². The van der Waals surface area contributed by atoms with Gasteiger partial charge in [0, 0.05) is 26.2 Å². The Labute approximate surface area is 131 Å². The van der Waals surface area contributed by atoms with Gasteiger partial charge in [-0.15, -0.1) is 0 Å². The lowest BCUT2D eigenvalue weighted by atomic mass is 10.1. The van der Waals surface area contributed by atoms with Gasteiger partial charge in [-0.05, 0) is 36.8 Å². The van der Waals surface area contributed by atoms with E-state index in [-0.39, 0.29) is 37.6 Å². The van der Waals surface area contributed by atoms with Gasteiger partial charge in [0.25, 0.3) is 0 Å². The molecule has 0 spiro atoms. The summed E-state index contributed by atoms with van der Waals surface area (Å²) < 4.78 is 55.7. The topological polar surface area (TPSA) is 6.48 Å². The summed E-state index contributed by atoms with van der Waals surface area (Å²) in [6.45, 7) is 2.75. The summed E-state index contributed by atoms with van der Waals surface area (Å²) in [7, 11) is 0. The van der Waals surface area contributed by atoms with Crippen LogP contribution in [0.15, 0.2) is 30.3 Å². The monoisotopic (exact) mass is 324 g/mol. The number of piperazine rings is 1. The second kappa shape index (κ2) is 6.10. The highest BCUT2D eigenvalue weighted by atomic mass is 19.1. The first kappa shape index (κ1) is 15.6. The minimum atomic E-state index is -0.633. The molecule has 0 aromatic heterocycles. The Hall–Kier alpha value is -2.24. The fourth-order valence-electron chi connectivity index (χ4n) is 2.94. The van der Waals surface area contributed by atoms with Crippen molar-refractivity contribution in [1.82, 2.24) is 0 Å². The van der Waals surface area contributed by atoms with Crippen LogP contribution in [0.4, 0.5) is 28.9 Å². The first-order valence-corrected chi connectivity index (χ1v) is 7.37. The average molecular weight is 324 g/mol. The van der Waals surface area contributed by atoms with E-state index in [0.717, 1.165) is 0 Å². The Balaban J connectivity index is 1.79. The fraction of sp³-hybridized carbons (Fsp3) is 0.294. The van der Waals surface area contributed by atoms with E-state index >= 15 is 0 Å². The lowest BCUT2D eigenvalue weighted by molar-refractivity contribution is 0.538. The molecule has 0 unspecified atom stereocenters. The number of halogens is 4. The van der Waals surface area contributed by atoms with Crippen molar-refractivity contribution in [3.05, 3.63) is 59.2 Å². The van der Waals surface area contributed by atoms with Gasteiger partial charge in [0.05, 0.1) is 0 Å². The van der Waals surface area contributed by atoms with Crippen molar-refractivity contribution in [2.45, 2.75) is 6.92 Å². The molecule has 1 aliphatic rings. The maximum atomic E-state index is 14.0. The summed E-state index contributed by atoms with van der Waals surface area (Å²) in [5.41, 5.74) is 0.345. The molecule has 2 nitrogen and oxygen atoms in total. The molecule has 2 aromatic rings. The molecule has 1 heterocycles. The first-order chi connectivity index (χ1) is 11.0. The molecule has 0 atom stereocenters.